The molecular weight excluding hydrogens is 256 g/mol. The van der Waals surface area contributed by atoms with E-state index in [1.165, 1.54) is 0 Å². The van der Waals surface area contributed by atoms with Crippen LogP contribution in [-0.2, 0) is 4.79 Å². The fourth-order valence-corrected chi connectivity index (χ4v) is 1.37. The Balaban J connectivity index is 2.32. The third kappa shape index (κ3) is 6.32. The van der Waals surface area contributed by atoms with Crippen LogP contribution in [-0.4, -0.2) is 25.7 Å². The van der Waals surface area contributed by atoms with Crippen molar-refractivity contribution >= 4 is 17.7 Å². The Labute approximate surface area is 111 Å². The third-order valence-corrected chi connectivity index (χ3v) is 2.30. The quantitative estimate of drug-likeness (QED) is 0.527. The van der Waals surface area contributed by atoms with Gasteiger partial charge in [-0.3, -0.25) is 4.79 Å². The Bertz CT molecular complexity index is 374. The summed E-state index contributed by atoms with van der Waals surface area (Å²) in [6.07, 6.45) is 0.939. The van der Waals surface area contributed by atoms with Gasteiger partial charge in [0.05, 0.1) is 6.61 Å². The lowest BCUT2D eigenvalue weighted by atomic mass is 10.3. The maximum Gasteiger partial charge on any atom is 0.217 e. The summed E-state index contributed by atoms with van der Waals surface area (Å²) >= 11 is 5.32. The molecule has 0 aliphatic carbocycles. The number of primary amides is 1. The Morgan fingerprint density at radius 1 is 1.28 bits per heavy atom. The maximum atomic E-state index is 10.5. The number of carbonyl (C=O) groups excluding carboxylic acids is 1. The zero-order valence-corrected chi connectivity index (χ0v) is 10.8. The predicted molar refractivity (Wildman–Crippen MR) is 69.7 cm³/mol. The molecule has 6 heteroatoms. The highest BCUT2D eigenvalue weighted by molar-refractivity contribution is 6.13. The van der Waals surface area contributed by atoms with E-state index in [1.807, 2.05) is 18.2 Å². The van der Waals surface area contributed by atoms with Crippen LogP contribution >= 0.6 is 11.8 Å². The van der Waals surface area contributed by atoms with Crippen molar-refractivity contribution < 1.29 is 14.3 Å². The second-order valence-corrected chi connectivity index (χ2v) is 3.89. The molecule has 0 radical (unpaired) electrons. The van der Waals surface area contributed by atoms with E-state index in [0.717, 1.165) is 0 Å². The lowest BCUT2D eigenvalue weighted by Gasteiger charge is -2.08. The van der Waals surface area contributed by atoms with E-state index >= 15 is 0 Å². The molecule has 0 atom stereocenters. The summed E-state index contributed by atoms with van der Waals surface area (Å²) in [7, 11) is 0. The van der Waals surface area contributed by atoms with Crippen LogP contribution in [0, 0.1) is 0 Å². The van der Waals surface area contributed by atoms with Gasteiger partial charge in [0.15, 0.2) is 0 Å². The molecule has 0 unspecified atom stereocenters. The van der Waals surface area contributed by atoms with Crippen LogP contribution in [0.5, 0.6) is 11.5 Å². The molecular formula is C12H17ClN2O3. The van der Waals surface area contributed by atoms with Gasteiger partial charge >= 0.3 is 0 Å². The van der Waals surface area contributed by atoms with Crippen LogP contribution in [0.15, 0.2) is 24.3 Å². The summed E-state index contributed by atoms with van der Waals surface area (Å²) in [4.78, 5) is 13.0. The second kappa shape index (κ2) is 8.60. The first-order valence-corrected chi connectivity index (χ1v) is 6.07. The number of hydrogen-bond acceptors (Lipinski definition) is 4. The summed E-state index contributed by atoms with van der Waals surface area (Å²) < 4.78 is 10.9. The van der Waals surface area contributed by atoms with E-state index in [0.29, 0.717) is 44.1 Å². The number of hydrogen-bond donors (Lipinski definition) is 2. The first kappa shape index (κ1) is 14.6. The fourth-order valence-electron chi connectivity index (χ4n) is 1.30. The van der Waals surface area contributed by atoms with E-state index in [4.69, 9.17) is 27.0 Å². The number of benzene rings is 1. The summed E-state index contributed by atoms with van der Waals surface area (Å²) in [6, 6.07) is 7.30. The molecule has 0 saturated heterocycles. The van der Waals surface area contributed by atoms with Crippen LogP contribution in [0.2, 0.25) is 0 Å². The fraction of sp³-hybridized carbons (Fsp3) is 0.417. The molecule has 0 bridgehead atoms. The summed E-state index contributed by atoms with van der Waals surface area (Å²) in [6.45, 7) is 1.50. The molecule has 0 aromatic heterocycles. The molecule has 0 aliphatic heterocycles. The van der Waals surface area contributed by atoms with Gasteiger partial charge in [-0.2, -0.15) is 0 Å². The third-order valence-electron chi connectivity index (χ3n) is 2.11. The van der Waals surface area contributed by atoms with Crippen molar-refractivity contribution in [3.63, 3.8) is 0 Å². The summed E-state index contributed by atoms with van der Waals surface area (Å²) in [5, 5.41) is 0. The van der Waals surface area contributed by atoms with E-state index in [9.17, 15) is 4.79 Å². The van der Waals surface area contributed by atoms with Crippen molar-refractivity contribution in [2.24, 2.45) is 5.73 Å². The smallest absolute Gasteiger partial charge is 0.217 e. The van der Waals surface area contributed by atoms with Gasteiger partial charge in [-0.05, 0) is 30.3 Å². The minimum Gasteiger partial charge on any atom is -0.493 e. The van der Waals surface area contributed by atoms with E-state index in [1.54, 1.807) is 6.07 Å². The number of amides is 1. The highest BCUT2D eigenvalue weighted by Gasteiger charge is 1.99. The standard InChI is InChI=1S/C12H17ClN2O3/c13-15-6-8-18-11-4-1-3-10(9-11)17-7-2-5-12(14)16/h1,3-4,9,15H,2,5-8H2,(H2,14,16). The van der Waals surface area contributed by atoms with E-state index < -0.39 is 0 Å². The number of halogens is 1. The average molecular weight is 273 g/mol. The minimum atomic E-state index is -0.316. The number of ether oxygens (including phenoxy) is 2. The molecule has 0 fully saturated rings. The highest BCUT2D eigenvalue weighted by atomic mass is 35.5. The number of carbonyl (C=O) groups is 1. The van der Waals surface area contributed by atoms with Crippen molar-refractivity contribution in [1.82, 2.24) is 4.84 Å². The van der Waals surface area contributed by atoms with Gasteiger partial charge in [-0.25, -0.2) is 4.84 Å². The van der Waals surface area contributed by atoms with E-state index in [-0.39, 0.29) is 5.91 Å². The SMILES string of the molecule is NC(=O)CCCOc1cccc(OCCNCl)c1. The van der Waals surface area contributed by atoms with Gasteiger partial charge in [-0.1, -0.05) is 6.07 Å². The second-order valence-electron chi connectivity index (χ2n) is 3.63. The first-order valence-electron chi connectivity index (χ1n) is 5.70. The van der Waals surface area contributed by atoms with Crippen LogP contribution in [0.1, 0.15) is 12.8 Å². The normalized spacial score (nSPS) is 10.1. The zero-order valence-electron chi connectivity index (χ0n) is 10.0. The monoisotopic (exact) mass is 272 g/mol. The summed E-state index contributed by atoms with van der Waals surface area (Å²) in [5.41, 5.74) is 5.03. The molecule has 100 valence electrons. The molecule has 1 aromatic carbocycles. The predicted octanol–water partition coefficient (Wildman–Crippen LogP) is 1.45. The molecule has 1 aromatic rings. The first-order chi connectivity index (χ1) is 8.72. The van der Waals surface area contributed by atoms with Crippen molar-refractivity contribution in [3.05, 3.63) is 24.3 Å². The van der Waals surface area contributed by atoms with Gasteiger partial charge in [0.1, 0.15) is 18.1 Å². The van der Waals surface area contributed by atoms with Gasteiger partial charge in [0.2, 0.25) is 5.91 Å². The van der Waals surface area contributed by atoms with Gasteiger partial charge in [0, 0.05) is 19.0 Å². The number of rotatable bonds is 9. The number of nitrogens with two attached hydrogens (primary N) is 1. The van der Waals surface area contributed by atoms with Gasteiger partial charge in [-0.15, -0.1) is 0 Å². The van der Waals surface area contributed by atoms with Crippen LogP contribution in [0.4, 0.5) is 0 Å². The van der Waals surface area contributed by atoms with Crippen molar-refractivity contribution in [3.8, 4) is 11.5 Å². The number of nitrogens with one attached hydrogen (secondary N) is 1. The van der Waals surface area contributed by atoms with Crippen LogP contribution in [0.25, 0.3) is 0 Å². The molecule has 0 saturated carbocycles. The molecule has 0 spiro atoms. The van der Waals surface area contributed by atoms with Gasteiger partial charge < -0.3 is 15.2 Å². The molecule has 3 N–H and O–H groups in total. The van der Waals surface area contributed by atoms with Crippen molar-refractivity contribution in [1.29, 1.82) is 0 Å². The molecule has 18 heavy (non-hydrogen) atoms. The average Bonchev–Trinajstić information content (AvgIpc) is 2.35. The molecule has 5 nitrogen and oxygen atoms in total. The Hall–Kier alpha value is -1.46. The lowest BCUT2D eigenvalue weighted by molar-refractivity contribution is -0.118. The minimum absolute atomic E-state index is 0.316. The van der Waals surface area contributed by atoms with E-state index in [2.05, 4.69) is 4.84 Å². The molecule has 1 amide bonds. The lowest BCUT2D eigenvalue weighted by Crippen LogP contribution is -2.12. The van der Waals surface area contributed by atoms with Crippen LogP contribution in [0.3, 0.4) is 0 Å². The van der Waals surface area contributed by atoms with Crippen LogP contribution < -0.4 is 20.0 Å². The Kier molecular flexibility index (Phi) is 6.98. The largest absolute Gasteiger partial charge is 0.493 e. The molecule has 0 heterocycles. The highest BCUT2D eigenvalue weighted by Crippen LogP contribution is 2.19. The molecule has 0 aliphatic rings. The molecule has 1 rings (SSSR count). The summed E-state index contributed by atoms with van der Waals surface area (Å²) in [5.74, 6) is 1.11. The zero-order chi connectivity index (χ0) is 13.2. The van der Waals surface area contributed by atoms with Crippen molar-refractivity contribution in [2.75, 3.05) is 19.8 Å². The Morgan fingerprint density at radius 3 is 2.56 bits per heavy atom. The maximum absolute atomic E-state index is 10.5. The van der Waals surface area contributed by atoms with Gasteiger partial charge in [0.25, 0.3) is 0 Å². The van der Waals surface area contributed by atoms with Crippen molar-refractivity contribution in [2.45, 2.75) is 12.8 Å². The topological polar surface area (TPSA) is 73.6 Å². The Morgan fingerprint density at radius 2 is 1.94 bits per heavy atom.